The molecule has 11 heteroatoms. The Bertz CT molecular complexity index is 1370. The fraction of sp³-hybridized carbons (Fsp3) is 0.379. The number of carbonyl (C=O) groups is 3. The molecule has 3 amide bonds. The molecule has 0 unspecified atom stereocenters. The summed E-state index contributed by atoms with van der Waals surface area (Å²) in [6, 6.07) is 10.9. The van der Waals surface area contributed by atoms with Gasteiger partial charge in [0.25, 0.3) is 5.91 Å². The van der Waals surface area contributed by atoms with Gasteiger partial charge in [0.1, 0.15) is 11.5 Å². The topological polar surface area (TPSA) is 84.7 Å². The molecule has 1 aliphatic heterocycles. The summed E-state index contributed by atoms with van der Waals surface area (Å²) >= 11 is 5.03. The van der Waals surface area contributed by atoms with E-state index in [0.717, 1.165) is 57.8 Å². The second kappa shape index (κ2) is 14.6. The number of thiophene rings is 1. The smallest absolute Gasteiger partial charge is 0.337 e. The highest BCUT2D eigenvalue weighted by molar-refractivity contribution is 9.11. The minimum absolute atomic E-state index is 0. The summed E-state index contributed by atoms with van der Waals surface area (Å²) in [7, 11) is 1.36. The number of nitrogens with zero attached hydrogens (tertiary/aromatic N) is 4. The van der Waals surface area contributed by atoms with Gasteiger partial charge in [0, 0.05) is 24.4 Å². The van der Waals surface area contributed by atoms with E-state index in [1.807, 2.05) is 31.2 Å². The summed E-state index contributed by atoms with van der Waals surface area (Å²) in [5, 5.41) is 0. The van der Waals surface area contributed by atoms with Crippen molar-refractivity contribution in [2.24, 2.45) is 0 Å². The zero-order valence-electron chi connectivity index (χ0n) is 22.9. The van der Waals surface area contributed by atoms with Crippen molar-refractivity contribution in [3.05, 3.63) is 79.6 Å². The molecule has 0 atom stereocenters. The first-order valence-corrected chi connectivity index (χ1v) is 14.8. The number of imide groups is 1. The van der Waals surface area contributed by atoms with E-state index in [9.17, 15) is 14.4 Å². The van der Waals surface area contributed by atoms with Gasteiger partial charge in [0.05, 0.1) is 34.9 Å². The molecule has 40 heavy (non-hydrogen) atoms. The number of methoxy groups -OCH3 is 1. The van der Waals surface area contributed by atoms with E-state index >= 15 is 0 Å². The summed E-state index contributed by atoms with van der Waals surface area (Å²) in [4.78, 5) is 47.4. The first kappa shape index (κ1) is 31.6. The van der Waals surface area contributed by atoms with Gasteiger partial charge in [-0.3, -0.25) is 14.6 Å². The Morgan fingerprint density at radius 3 is 2.38 bits per heavy atom. The quantitative estimate of drug-likeness (QED) is 0.121. The number of esters is 1. The predicted molar refractivity (Wildman–Crippen MR) is 163 cm³/mol. The van der Waals surface area contributed by atoms with Crippen LogP contribution >= 0.6 is 39.7 Å². The Kier molecular flexibility index (Phi) is 11.5. The van der Waals surface area contributed by atoms with Crippen LogP contribution in [0.15, 0.2) is 52.1 Å². The third-order valence-electron chi connectivity index (χ3n) is 6.62. The van der Waals surface area contributed by atoms with Gasteiger partial charge in [-0.2, -0.15) is 0 Å². The van der Waals surface area contributed by atoms with E-state index in [4.69, 9.17) is 4.74 Å². The van der Waals surface area contributed by atoms with Crippen molar-refractivity contribution in [3.63, 3.8) is 0 Å². The van der Waals surface area contributed by atoms with Gasteiger partial charge in [-0.05, 0) is 64.7 Å². The van der Waals surface area contributed by atoms with Crippen molar-refractivity contribution < 1.29 is 19.1 Å². The third-order valence-corrected chi connectivity index (χ3v) is 8.23. The highest BCUT2D eigenvalue weighted by atomic mass is 79.9. The van der Waals surface area contributed by atoms with E-state index in [1.165, 1.54) is 12.0 Å². The molecule has 2 aromatic heterocycles. The van der Waals surface area contributed by atoms with E-state index < -0.39 is 0 Å². The summed E-state index contributed by atoms with van der Waals surface area (Å²) in [6.07, 6.45) is 8.01. The van der Waals surface area contributed by atoms with Gasteiger partial charge in [-0.25, -0.2) is 14.6 Å². The zero-order valence-corrected chi connectivity index (χ0v) is 26.1. The molecular weight excluding hydrogens is 616 g/mol. The van der Waals surface area contributed by atoms with Crippen LogP contribution in [0.1, 0.15) is 71.8 Å². The highest BCUT2D eigenvalue weighted by Gasteiger charge is 2.41. The van der Waals surface area contributed by atoms with Gasteiger partial charge < -0.3 is 9.30 Å². The number of hydrogen-bond donors (Lipinski definition) is 0. The minimum atomic E-state index is -0.381. The fourth-order valence-electron chi connectivity index (χ4n) is 4.44. The van der Waals surface area contributed by atoms with Crippen LogP contribution in [0.25, 0.3) is 6.08 Å². The Balaban J connectivity index is 0.00000441. The highest BCUT2D eigenvalue weighted by Crippen LogP contribution is 2.30. The van der Waals surface area contributed by atoms with Crippen LogP contribution in [0, 0.1) is 0 Å². The molecule has 0 N–H and O–H groups in total. The van der Waals surface area contributed by atoms with Gasteiger partial charge in [0.2, 0.25) is 0 Å². The lowest BCUT2D eigenvalue weighted by Gasteiger charge is -2.16. The Morgan fingerprint density at radius 2 is 1.75 bits per heavy atom. The maximum Gasteiger partial charge on any atom is 0.337 e. The number of urea groups is 1. The van der Waals surface area contributed by atoms with Crippen molar-refractivity contribution in [1.82, 2.24) is 19.4 Å². The molecule has 3 aromatic rings. The van der Waals surface area contributed by atoms with Crippen LogP contribution in [0.4, 0.5) is 4.79 Å². The molecule has 0 spiro atoms. The van der Waals surface area contributed by atoms with Gasteiger partial charge in [0.15, 0.2) is 0 Å². The van der Waals surface area contributed by atoms with E-state index in [1.54, 1.807) is 40.6 Å². The summed E-state index contributed by atoms with van der Waals surface area (Å²) in [5.74, 6) is 0.247. The molecule has 0 aliphatic carbocycles. The molecule has 0 saturated carbocycles. The number of aryl methyl sites for hydroxylation is 1. The predicted octanol–water partition coefficient (Wildman–Crippen LogP) is 6.91. The molecule has 8 nitrogen and oxygen atoms in total. The van der Waals surface area contributed by atoms with Crippen LogP contribution in [0.3, 0.4) is 0 Å². The number of hydrogen-bond acceptors (Lipinski definition) is 6. The maximum atomic E-state index is 13.5. The number of halogens is 2. The number of benzene rings is 1. The van der Waals surface area contributed by atoms with Crippen molar-refractivity contribution in [3.8, 4) is 0 Å². The van der Waals surface area contributed by atoms with Gasteiger partial charge in [-0.1, -0.05) is 38.8 Å². The second-order valence-corrected chi connectivity index (χ2v) is 11.9. The number of unbranched alkanes of at least 4 members (excludes halogenated alkanes) is 2. The molecule has 0 bridgehead atoms. The minimum Gasteiger partial charge on any atom is -0.465 e. The molecule has 1 fully saturated rings. The van der Waals surface area contributed by atoms with Crippen LogP contribution in [-0.2, 0) is 29.0 Å². The first-order chi connectivity index (χ1) is 18.9. The van der Waals surface area contributed by atoms with E-state index in [0.29, 0.717) is 30.9 Å². The lowest BCUT2D eigenvalue weighted by Crippen LogP contribution is -2.33. The number of ether oxygens (including phenoxy) is 1. The molecule has 214 valence electrons. The lowest BCUT2D eigenvalue weighted by molar-refractivity contribution is -0.123. The van der Waals surface area contributed by atoms with Crippen molar-refractivity contribution >= 4 is 63.7 Å². The van der Waals surface area contributed by atoms with Crippen LogP contribution < -0.4 is 0 Å². The molecule has 4 rings (SSSR count). The number of imidazole rings is 1. The molecule has 1 saturated heterocycles. The average molecular weight is 650 g/mol. The van der Waals surface area contributed by atoms with Crippen LogP contribution in [-0.4, -0.2) is 50.9 Å². The molecule has 0 radical (unpaired) electrons. The normalized spacial score (nSPS) is 14.2. The first-order valence-electron chi connectivity index (χ1n) is 13.2. The Morgan fingerprint density at radius 1 is 1.02 bits per heavy atom. The fourth-order valence-corrected chi connectivity index (χ4v) is 5.91. The molecular formula is C29H34BrClN4O4S. The van der Waals surface area contributed by atoms with Crippen molar-refractivity contribution in [2.45, 2.75) is 59.0 Å². The summed E-state index contributed by atoms with van der Waals surface area (Å²) in [5.41, 5.74) is 2.57. The van der Waals surface area contributed by atoms with Gasteiger partial charge in [-0.15, -0.1) is 23.7 Å². The van der Waals surface area contributed by atoms with Crippen LogP contribution in [0.5, 0.6) is 0 Å². The SMILES string of the molecule is CCCCc1ncc(/C=C2/C(=O)N(CCCC)C(=O)N2Cc2ccc(Br)s2)n1Cc1ccc(C(=O)OC)cc1.Cl. The standard InChI is InChI=1S/C29H33BrN4O4S.ClH/c1-4-6-8-26-31-17-22(33(26)18-20-9-11-21(12-10-20)28(36)38-3)16-24-27(35)32(15-7-5-2)29(37)34(24)19-23-13-14-25(30)39-23;/h9-14,16-17H,4-8,15,18-19H2,1-3H3;1H/b24-16-;. The largest absolute Gasteiger partial charge is 0.465 e. The van der Waals surface area contributed by atoms with Crippen molar-refractivity contribution in [2.75, 3.05) is 13.7 Å². The Labute approximate surface area is 253 Å². The average Bonchev–Trinajstić information content (AvgIpc) is 3.59. The second-order valence-electron chi connectivity index (χ2n) is 9.39. The van der Waals surface area contributed by atoms with E-state index in [-0.39, 0.29) is 30.3 Å². The number of carbonyl (C=O) groups excluding carboxylic acids is 3. The van der Waals surface area contributed by atoms with Crippen LogP contribution in [0.2, 0.25) is 0 Å². The molecule has 1 aromatic carbocycles. The van der Waals surface area contributed by atoms with Crippen molar-refractivity contribution in [1.29, 1.82) is 0 Å². The maximum absolute atomic E-state index is 13.5. The number of rotatable bonds is 12. The third kappa shape index (κ3) is 7.21. The lowest BCUT2D eigenvalue weighted by atomic mass is 10.1. The molecule has 3 heterocycles. The molecule has 1 aliphatic rings. The monoisotopic (exact) mass is 648 g/mol. The van der Waals surface area contributed by atoms with Gasteiger partial charge >= 0.3 is 12.0 Å². The summed E-state index contributed by atoms with van der Waals surface area (Å²) in [6.45, 7) is 5.40. The number of aromatic nitrogens is 2. The zero-order chi connectivity index (χ0) is 27.9. The summed E-state index contributed by atoms with van der Waals surface area (Å²) < 4.78 is 7.87. The number of amides is 3. The Hall–Kier alpha value is -2.95. The van der Waals surface area contributed by atoms with E-state index in [2.05, 4.69) is 32.4 Å².